The highest BCUT2D eigenvalue weighted by Gasteiger charge is 2.32. The van der Waals surface area contributed by atoms with Crippen molar-refractivity contribution >= 4 is 0 Å². The van der Waals surface area contributed by atoms with Gasteiger partial charge in [-0.25, -0.2) is 4.39 Å². The van der Waals surface area contributed by atoms with Gasteiger partial charge < -0.3 is 10.8 Å². The second kappa shape index (κ2) is 3.81. The maximum Gasteiger partial charge on any atom is 0.128 e. The Labute approximate surface area is 88.9 Å². The summed E-state index contributed by atoms with van der Waals surface area (Å²) in [6.07, 6.45) is 4.83. The number of phenols is 1. The molecule has 0 unspecified atom stereocenters. The average Bonchev–Trinajstić information content (AvgIpc) is 2.23. The lowest BCUT2D eigenvalue weighted by Crippen LogP contribution is -2.39. The number of rotatable bonds is 1. The van der Waals surface area contributed by atoms with Crippen LogP contribution in [0.5, 0.6) is 5.75 Å². The monoisotopic (exact) mass is 209 g/mol. The van der Waals surface area contributed by atoms with E-state index in [-0.39, 0.29) is 11.6 Å². The third-order valence-electron chi connectivity index (χ3n) is 3.23. The molecule has 3 N–H and O–H groups in total. The van der Waals surface area contributed by atoms with Crippen LogP contribution in [0.4, 0.5) is 4.39 Å². The predicted molar refractivity (Wildman–Crippen MR) is 57.0 cm³/mol. The SMILES string of the molecule is NC1(c2cc(O)ccc2F)CCCCC1. The molecule has 3 heteroatoms. The molecule has 15 heavy (non-hydrogen) atoms. The molecule has 2 nitrogen and oxygen atoms in total. The van der Waals surface area contributed by atoms with E-state index < -0.39 is 5.54 Å². The van der Waals surface area contributed by atoms with Crippen LogP contribution in [-0.2, 0) is 5.54 Å². The van der Waals surface area contributed by atoms with E-state index in [2.05, 4.69) is 0 Å². The molecule has 82 valence electrons. The Morgan fingerprint density at radius 3 is 2.53 bits per heavy atom. The van der Waals surface area contributed by atoms with Crippen molar-refractivity contribution in [2.75, 3.05) is 0 Å². The van der Waals surface area contributed by atoms with E-state index >= 15 is 0 Å². The summed E-state index contributed by atoms with van der Waals surface area (Å²) in [5.41, 5.74) is 6.08. The molecule has 0 saturated heterocycles. The van der Waals surface area contributed by atoms with Gasteiger partial charge in [0.25, 0.3) is 0 Å². The highest BCUT2D eigenvalue weighted by atomic mass is 19.1. The van der Waals surface area contributed by atoms with Gasteiger partial charge in [0.1, 0.15) is 11.6 Å². The van der Waals surface area contributed by atoms with Gasteiger partial charge in [-0.3, -0.25) is 0 Å². The highest BCUT2D eigenvalue weighted by molar-refractivity contribution is 5.34. The fourth-order valence-electron chi connectivity index (χ4n) is 2.35. The molecule has 1 saturated carbocycles. The molecule has 1 aliphatic carbocycles. The van der Waals surface area contributed by atoms with Crippen molar-refractivity contribution in [3.63, 3.8) is 0 Å². The van der Waals surface area contributed by atoms with Crippen LogP contribution in [0.3, 0.4) is 0 Å². The summed E-state index contributed by atoms with van der Waals surface area (Å²) in [5.74, 6) is -0.223. The van der Waals surface area contributed by atoms with Crippen molar-refractivity contribution in [2.24, 2.45) is 5.73 Å². The van der Waals surface area contributed by atoms with E-state index in [4.69, 9.17) is 5.73 Å². The molecule has 1 aliphatic rings. The van der Waals surface area contributed by atoms with Gasteiger partial charge in [-0.2, -0.15) is 0 Å². The molecular formula is C12H16FNO. The van der Waals surface area contributed by atoms with Gasteiger partial charge in [-0.1, -0.05) is 19.3 Å². The van der Waals surface area contributed by atoms with Gasteiger partial charge in [0, 0.05) is 11.1 Å². The fourth-order valence-corrected chi connectivity index (χ4v) is 2.35. The summed E-state index contributed by atoms with van der Waals surface area (Å²) in [6, 6.07) is 4.10. The first-order chi connectivity index (χ1) is 7.12. The van der Waals surface area contributed by atoms with Crippen molar-refractivity contribution in [1.82, 2.24) is 0 Å². The van der Waals surface area contributed by atoms with Crippen LogP contribution in [0, 0.1) is 5.82 Å². The number of hydrogen-bond acceptors (Lipinski definition) is 2. The average molecular weight is 209 g/mol. The minimum Gasteiger partial charge on any atom is -0.508 e. The van der Waals surface area contributed by atoms with Gasteiger partial charge >= 0.3 is 0 Å². The molecule has 1 fully saturated rings. The van der Waals surface area contributed by atoms with E-state index in [9.17, 15) is 9.50 Å². The lowest BCUT2D eigenvalue weighted by Gasteiger charge is -2.34. The summed E-state index contributed by atoms with van der Waals surface area (Å²) >= 11 is 0. The normalized spacial score (nSPS) is 20.1. The van der Waals surface area contributed by atoms with Crippen molar-refractivity contribution in [2.45, 2.75) is 37.6 Å². The van der Waals surface area contributed by atoms with Crippen LogP contribution in [-0.4, -0.2) is 5.11 Å². The topological polar surface area (TPSA) is 46.2 Å². The largest absolute Gasteiger partial charge is 0.508 e. The van der Waals surface area contributed by atoms with Crippen LogP contribution in [0.1, 0.15) is 37.7 Å². The molecule has 2 rings (SSSR count). The Morgan fingerprint density at radius 2 is 1.87 bits per heavy atom. The zero-order valence-corrected chi connectivity index (χ0v) is 8.67. The maximum atomic E-state index is 13.6. The molecule has 0 radical (unpaired) electrons. The second-order valence-electron chi connectivity index (χ2n) is 4.38. The summed E-state index contributed by atoms with van der Waals surface area (Å²) in [7, 11) is 0. The van der Waals surface area contributed by atoms with Gasteiger partial charge in [0.15, 0.2) is 0 Å². The Morgan fingerprint density at radius 1 is 1.20 bits per heavy atom. The maximum absolute atomic E-state index is 13.6. The van der Waals surface area contributed by atoms with E-state index in [1.165, 1.54) is 24.6 Å². The van der Waals surface area contributed by atoms with E-state index in [1.54, 1.807) is 0 Å². The Bertz CT molecular complexity index is 359. The highest BCUT2D eigenvalue weighted by Crippen LogP contribution is 2.37. The number of benzene rings is 1. The number of hydrogen-bond donors (Lipinski definition) is 2. The van der Waals surface area contributed by atoms with E-state index in [1.807, 2.05) is 0 Å². The van der Waals surface area contributed by atoms with Crippen LogP contribution in [0.15, 0.2) is 18.2 Å². The molecule has 0 atom stereocenters. The third-order valence-corrected chi connectivity index (χ3v) is 3.23. The van der Waals surface area contributed by atoms with Crippen molar-refractivity contribution in [3.05, 3.63) is 29.6 Å². The Hall–Kier alpha value is -1.09. The van der Waals surface area contributed by atoms with E-state index in [0.29, 0.717) is 5.56 Å². The van der Waals surface area contributed by atoms with Crippen LogP contribution in [0.25, 0.3) is 0 Å². The Balaban J connectivity index is 2.38. The molecule has 0 aliphatic heterocycles. The standard InChI is InChI=1S/C12H16FNO/c13-11-5-4-9(15)8-10(11)12(14)6-2-1-3-7-12/h4-5,8,15H,1-3,6-7,14H2. The first-order valence-electron chi connectivity index (χ1n) is 5.40. The third kappa shape index (κ3) is 1.97. The van der Waals surface area contributed by atoms with Crippen LogP contribution < -0.4 is 5.73 Å². The number of halogens is 1. The molecule has 0 amide bonds. The van der Waals surface area contributed by atoms with Crippen LogP contribution in [0.2, 0.25) is 0 Å². The number of phenolic OH excluding ortho intramolecular Hbond substituents is 1. The molecule has 1 aromatic rings. The first kappa shape index (κ1) is 10.4. The zero-order valence-electron chi connectivity index (χ0n) is 8.67. The lowest BCUT2D eigenvalue weighted by molar-refractivity contribution is 0.291. The summed E-state index contributed by atoms with van der Waals surface area (Å²) < 4.78 is 13.6. The smallest absolute Gasteiger partial charge is 0.128 e. The molecule has 0 heterocycles. The quantitative estimate of drug-likeness (QED) is 0.747. The predicted octanol–water partition coefficient (Wildman–Crippen LogP) is 2.65. The van der Waals surface area contributed by atoms with Gasteiger partial charge in [-0.15, -0.1) is 0 Å². The molecular weight excluding hydrogens is 193 g/mol. The van der Waals surface area contributed by atoms with Crippen molar-refractivity contribution in [1.29, 1.82) is 0 Å². The minimum atomic E-state index is -0.582. The molecule has 1 aromatic carbocycles. The van der Waals surface area contributed by atoms with Crippen LogP contribution >= 0.6 is 0 Å². The first-order valence-corrected chi connectivity index (χ1v) is 5.40. The van der Waals surface area contributed by atoms with E-state index in [0.717, 1.165) is 25.7 Å². The number of nitrogens with two attached hydrogens (primary N) is 1. The van der Waals surface area contributed by atoms with Gasteiger partial charge in [0.05, 0.1) is 0 Å². The van der Waals surface area contributed by atoms with Crippen molar-refractivity contribution < 1.29 is 9.50 Å². The van der Waals surface area contributed by atoms with Crippen molar-refractivity contribution in [3.8, 4) is 5.75 Å². The Kier molecular flexibility index (Phi) is 2.65. The van der Waals surface area contributed by atoms with Gasteiger partial charge in [0.2, 0.25) is 0 Å². The molecule has 0 bridgehead atoms. The number of aromatic hydroxyl groups is 1. The zero-order chi connectivity index (χ0) is 10.9. The minimum absolute atomic E-state index is 0.0850. The second-order valence-corrected chi connectivity index (χ2v) is 4.38. The summed E-state index contributed by atoms with van der Waals surface area (Å²) in [6.45, 7) is 0. The lowest BCUT2D eigenvalue weighted by atomic mass is 9.77. The summed E-state index contributed by atoms with van der Waals surface area (Å²) in [5, 5.41) is 9.36. The molecule has 0 aromatic heterocycles. The summed E-state index contributed by atoms with van der Waals surface area (Å²) in [4.78, 5) is 0. The fraction of sp³-hybridized carbons (Fsp3) is 0.500. The van der Waals surface area contributed by atoms with Gasteiger partial charge in [-0.05, 0) is 31.0 Å². The molecule has 0 spiro atoms.